The Kier molecular flexibility index (Phi) is 4.38. The molecule has 1 aliphatic carbocycles. The molecule has 0 aromatic rings. The van der Waals surface area contributed by atoms with Gasteiger partial charge in [0.25, 0.3) is 0 Å². The summed E-state index contributed by atoms with van der Waals surface area (Å²) in [6.07, 6.45) is 1.23. The molecule has 17 heavy (non-hydrogen) atoms. The van der Waals surface area contributed by atoms with Crippen LogP contribution < -0.4 is 5.73 Å². The number of hydrogen-bond donors (Lipinski definition) is 1. The van der Waals surface area contributed by atoms with E-state index < -0.39 is 5.60 Å². The van der Waals surface area contributed by atoms with Gasteiger partial charge < -0.3 is 20.1 Å². The van der Waals surface area contributed by atoms with Gasteiger partial charge in [-0.3, -0.25) is 0 Å². The van der Waals surface area contributed by atoms with Crippen LogP contribution in [0.1, 0.15) is 33.6 Å². The summed E-state index contributed by atoms with van der Waals surface area (Å²) >= 11 is 0. The van der Waals surface area contributed by atoms with Crippen molar-refractivity contribution in [2.45, 2.75) is 57.4 Å². The first-order valence-corrected chi connectivity index (χ1v) is 5.99. The van der Waals surface area contributed by atoms with Crippen LogP contribution in [0.5, 0.6) is 0 Å². The Morgan fingerprint density at radius 3 is 2.41 bits per heavy atom. The predicted octanol–water partition coefficient (Wildman–Crippen LogP) is 1.36. The Morgan fingerprint density at radius 2 is 1.94 bits per heavy atom. The summed E-state index contributed by atoms with van der Waals surface area (Å²) in [7, 11) is 3.39. The van der Waals surface area contributed by atoms with E-state index in [-0.39, 0.29) is 24.3 Å². The third kappa shape index (κ3) is 3.85. The van der Waals surface area contributed by atoms with Gasteiger partial charge in [-0.2, -0.15) is 0 Å². The van der Waals surface area contributed by atoms with Crippen molar-refractivity contribution in [1.29, 1.82) is 0 Å². The summed E-state index contributed by atoms with van der Waals surface area (Å²) in [5, 5.41) is 0. The quantitative estimate of drug-likeness (QED) is 0.796. The molecule has 1 saturated carbocycles. The summed E-state index contributed by atoms with van der Waals surface area (Å²) in [5.74, 6) is 0. The number of ether oxygens (including phenoxy) is 2. The molecular weight excluding hydrogens is 220 g/mol. The van der Waals surface area contributed by atoms with E-state index in [4.69, 9.17) is 15.2 Å². The highest BCUT2D eigenvalue weighted by Gasteiger charge is 2.38. The average Bonchev–Trinajstić information content (AvgIpc) is 2.55. The monoisotopic (exact) mass is 244 g/mol. The Labute approximate surface area is 103 Å². The lowest BCUT2D eigenvalue weighted by molar-refractivity contribution is -0.000459. The second-order valence-corrected chi connectivity index (χ2v) is 5.66. The first-order valence-electron chi connectivity index (χ1n) is 5.99. The van der Waals surface area contributed by atoms with Crippen molar-refractivity contribution in [3.05, 3.63) is 0 Å². The molecule has 0 aromatic heterocycles. The van der Waals surface area contributed by atoms with Crippen molar-refractivity contribution in [3.8, 4) is 0 Å². The highest BCUT2D eigenvalue weighted by atomic mass is 16.6. The Balaban J connectivity index is 2.62. The minimum absolute atomic E-state index is 0.00233. The van der Waals surface area contributed by atoms with E-state index in [0.717, 1.165) is 12.8 Å². The number of nitrogens with zero attached hydrogens (tertiary/aromatic N) is 1. The highest BCUT2D eigenvalue weighted by Crippen LogP contribution is 2.26. The zero-order valence-corrected chi connectivity index (χ0v) is 11.4. The van der Waals surface area contributed by atoms with Crippen molar-refractivity contribution < 1.29 is 14.3 Å². The van der Waals surface area contributed by atoms with Crippen LogP contribution in [0.15, 0.2) is 0 Å². The first kappa shape index (κ1) is 14.3. The lowest BCUT2D eigenvalue weighted by atomic mass is 10.2. The minimum atomic E-state index is -0.478. The van der Waals surface area contributed by atoms with E-state index in [1.807, 2.05) is 20.8 Å². The fraction of sp³-hybridized carbons (Fsp3) is 0.917. The van der Waals surface area contributed by atoms with Gasteiger partial charge in [-0.05, 0) is 33.6 Å². The first-order chi connectivity index (χ1) is 7.74. The molecule has 3 unspecified atom stereocenters. The van der Waals surface area contributed by atoms with E-state index >= 15 is 0 Å². The van der Waals surface area contributed by atoms with Crippen molar-refractivity contribution in [2.24, 2.45) is 5.73 Å². The van der Waals surface area contributed by atoms with Gasteiger partial charge in [0.15, 0.2) is 0 Å². The predicted molar refractivity (Wildman–Crippen MR) is 65.8 cm³/mol. The van der Waals surface area contributed by atoms with Crippen LogP contribution in [0.3, 0.4) is 0 Å². The molecule has 0 bridgehead atoms. The SMILES string of the molecule is COC1CC(N)CC1N(C)C(=O)OC(C)(C)C. The Hall–Kier alpha value is -0.810. The van der Waals surface area contributed by atoms with E-state index in [1.165, 1.54) is 0 Å². The van der Waals surface area contributed by atoms with E-state index in [9.17, 15) is 4.79 Å². The zero-order chi connectivity index (χ0) is 13.2. The van der Waals surface area contributed by atoms with Crippen LogP contribution >= 0.6 is 0 Å². The largest absolute Gasteiger partial charge is 0.444 e. The molecule has 0 radical (unpaired) electrons. The van der Waals surface area contributed by atoms with Crippen molar-refractivity contribution in [1.82, 2.24) is 4.90 Å². The molecule has 0 aromatic carbocycles. The molecule has 5 nitrogen and oxygen atoms in total. The summed E-state index contributed by atoms with van der Waals surface area (Å²) in [6, 6.07) is 0.0969. The van der Waals surface area contributed by atoms with Gasteiger partial charge in [0.2, 0.25) is 0 Å². The van der Waals surface area contributed by atoms with Gasteiger partial charge >= 0.3 is 6.09 Å². The van der Waals surface area contributed by atoms with Gasteiger partial charge in [0.05, 0.1) is 12.1 Å². The summed E-state index contributed by atoms with van der Waals surface area (Å²) in [5.41, 5.74) is 5.42. The smallest absolute Gasteiger partial charge is 0.410 e. The summed E-state index contributed by atoms with van der Waals surface area (Å²) in [6.45, 7) is 5.56. The molecule has 1 aliphatic rings. The number of likely N-dealkylation sites (N-methyl/N-ethyl adjacent to an activating group) is 1. The van der Waals surface area contributed by atoms with Crippen LogP contribution in [0.4, 0.5) is 4.79 Å². The third-order valence-corrected chi connectivity index (χ3v) is 2.99. The number of rotatable bonds is 2. The minimum Gasteiger partial charge on any atom is -0.444 e. The van der Waals surface area contributed by atoms with E-state index in [0.29, 0.717) is 0 Å². The molecule has 0 aliphatic heterocycles. The standard InChI is InChI=1S/C12H24N2O3/c1-12(2,3)17-11(15)14(4)9-6-8(13)7-10(9)16-5/h8-10H,6-7,13H2,1-5H3. The van der Waals surface area contributed by atoms with Gasteiger partial charge in [-0.25, -0.2) is 4.79 Å². The molecule has 0 spiro atoms. The molecule has 1 fully saturated rings. The van der Waals surface area contributed by atoms with Crippen molar-refractivity contribution >= 4 is 6.09 Å². The second-order valence-electron chi connectivity index (χ2n) is 5.66. The van der Waals surface area contributed by atoms with E-state index in [1.54, 1.807) is 19.1 Å². The number of methoxy groups -OCH3 is 1. The van der Waals surface area contributed by atoms with Gasteiger partial charge in [-0.15, -0.1) is 0 Å². The maximum atomic E-state index is 11.9. The lowest BCUT2D eigenvalue weighted by Gasteiger charge is -2.31. The van der Waals surface area contributed by atoms with Crippen molar-refractivity contribution in [2.75, 3.05) is 14.2 Å². The number of amides is 1. The lowest BCUT2D eigenvalue weighted by Crippen LogP contribution is -2.44. The van der Waals surface area contributed by atoms with Crippen LogP contribution in [0.2, 0.25) is 0 Å². The molecule has 1 amide bonds. The van der Waals surface area contributed by atoms with Gasteiger partial charge in [-0.1, -0.05) is 0 Å². The van der Waals surface area contributed by atoms with Gasteiger partial charge in [0.1, 0.15) is 5.60 Å². The zero-order valence-electron chi connectivity index (χ0n) is 11.4. The summed E-state index contributed by atoms with van der Waals surface area (Å²) in [4.78, 5) is 13.5. The number of carbonyl (C=O) groups is 1. The van der Waals surface area contributed by atoms with Crippen LogP contribution in [-0.4, -0.2) is 48.9 Å². The topological polar surface area (TPSA) is 64.8 Å². The summed E-state index contributed by atoms with van der Waals surface area (Å²) < 4.78 is 10.7. The van der Waals surface area contributed by atoms with Gasteiger partial charge in [0, 0.05) is 20.2 Å². The number of hydrogen-bond acceptors (Lipinski definition) is 4. The van der Waals surface area contributed by atoms with Crippen LogP contribution in [0, 0.1) is 0 Å². The molecule has 100 valence electrons. The fourth-order valence-electron chi connectivity index (χ4n) is 2.14. The molecule has 5 heteroatoms. The maximum Gasteiger partial charge on any atom is 0.410 e. The molecule has 0 saturated heterocycles. The normalized spacial score (nSPS) is 29.2. The second kappa shape index (κ2) is 5.23. The molecule has 2 N–H and O–H groups in total. The molecule has 1 rings (SSSR count). The molecule has 3 atom stereocenters. The number of carbonyl (C=O) groups excluding carboxylic acids is 1. The Bertz CT molecular complexity index is 275. The van der Waals surface area contributed by atoms with Crippen molar-refractivity contribution in [3.63, 3.8) is 0 Å². The van der Waals surface area contributed by atoms with Crippen LogP contribution in [0.25, 0.3) is 0 Å². The highest BCUT2D eigenvalue weighted by molar-refractivity contribution is 5.68. The number of nitrogens with two attached hydrogens (primary N) is 1. The molecule has 0 heterocycles. The molecular formula is C12H24N2O3. The third-order valence-electron chi connectivity index (χ3n) is 2.99. The maximum absolute atomic E-state index is 11.9. The van der Waals surface area contributed by atoms with E-state index in [2.05, 4.69) is 0 Å². The average molecular weight is 244 g/mol. The fourth-order valence-corrected chi connectivity index (χ4v) is 2.14. The Morgan fingerprint density at radius 1 is 1.35 bits per heavy atom. The van der Waals surface area contributed by atoms with Crippen LogP contribution in [-0.2, 0) is 9.47 Å².